The topological polar surface area (TPSA) is 76.1 Å². The highest BCUT2D eigenvalue weighted by Gasteiger charge is 2.06. The molecule has 1 amide bonds. The molecule has 6 nitrogen and oxygen atoms in total. The van der Waals surface area contributed by atoms with Gasteiger partial charge in [0.15, 0.2) is 0 Å². The maximum atomic E-state index is 11.7. The van der Waals surface area contributed by atoms with Crippen LogP contribution in [0.25, 0.3) is 0 Å². The SMILES string of the molecule is CCCNc1cnc(C(=O)NCCCOCC)cn1. The molecule has 0 unspecified atom stereocenters. The van der Waals surface area contributed by atoms with Gasteiger partial charge in [-0.25, -0.2) is 9.97 Å². The van der Waals surface area contributed by atoms with E-state index in [0.717, 1.165) is 19.4 Å². The van der Waals surface area contributed by atoms with Crippen molar-refractivity contribution < 1.29 is 9.53 Å². The smallest absolute Gasteiger partial charge is 0.271 e. The second kappa shape index (κ2) is 9.27. The average Bonchev–Trinajstić information content (AvgIpc) is 2.45. The molecule has 19 heavy (non-hydrogen) atoms. The Labute approximate surface area is 114 Å². The van der Waals surface area contributed by atoms with Gasteiger partial charge in [-0.3, -0.25) is 4.79 Å². The van der Waals surface area contributed by atoms with E-state index in [1.165, 1.54) is 6.20 Å². The number of hydrogen-bond donors (Lipinski definition) is 2. The van der Waals surface area contributed by atoms with E-state index in [4.69, 9.17) is 4.74 Å². The lowest BCUT2D eigenvalue weighted by atomic mass is 10.4. The second-order valence-electron chi connectivity index (χ2n) is 4.02. The summed E-state index contributed by atoms with van der Waals surface area (Å²) >= 11 is 0. The summed E-state index contributed by atoms with van der Waals surface area (Å²) in [5.74, 6) is 0.487. The zero-order valence-electron chi connectivity index (χ0n) is 11.6. The minimum Gasteiger partial charge on any atom is -0.382 e. The van der Waals surface area contributed by atoms with Gasteiger partial charge in [0.1, 0.15) is 11.5 Å². The Morgan fingerprint density at radius 3 is 2.74 bits per heavy atom. The molecule has 1 rings (SSSR count). The molecule has 0 aliphatic rings. The van der Waals surface area contributed by atoms with Gasteiger partial charge in [0.25, 0.3) is 5.91 Å². The minimum atomic E-state index is -0.203. The largest absolute Gasteiger partial charge is 0.382 e. The van der Waals surface area contributed by atoms with E-state index >= 15 is 0 Å². The average molecular weight is 266 g/mol. The van der Waals surface area contributed by atoms with Crippen molar-refractivity contribution in [2.45, 2.75) is 26.7 Å². The molecule has 2 N–H and O–H groups in total. The van der Waals surface area contributed by atoms with Gasteiger partial charge in [0, 0.05) is 26.3 Å². The highest BCUT2D eigenvalue weighted by atomic mass is 16.5. The molecule has 0 fully saturated rings. The van der Waals surface area contributed by atoms with Crippen molar-refractivity contribution in [2.75, 3.05) is 31.6 Å². The van der Waals surface area contributed by atoms with Crippen LogP contribution in [0.2, 0.25) is 0 Å². The molecule has 0 spiro atoms. The first kappa shape index (κ1) is 15.4. The number of rotatable bonds is 9. The lowest BCUT2D eigenvalue weighted by Gasteiger charge is -2.06. The lowest BCUT2D eigenvalue weighted by Crippen LogP contribution is -2.26. The van der Waals surface area contributed by atoms with Gasteiger partial charge < -0.3 is 15.4 Å². The number of ether oxygens (including phenoxy) is 1. The summed E-state index contributed by atoms with van der Waals surface area (Å²) in [5, 5.41) is 5.88. The van der Waals surface area contributed by atoms with Gasteiger partial charge in [0.05, 0.1) is 12.4 Å². The first-order chi connectivity index (χ1) is 9.27. The number of carbonyl (C=O) groups is 1. The highest BCUT2D eigenvalue weighted by Crippen LogP contribution is 2.01. The molecular formula is C13H22N4O2. The number of carbonyl (C=O) groups excluding carboxylic acids is 1. The van der Waals surface area contributed by atoms with Crippen LogP contribution in [0, 0.1) is 0 Å². The molecule has 106 valence electrons. The number of nitrogens with one attached hydrogen (secondary N) is 2. The van der Waals surface area contributed by atoms with Crippen molar-refractivity contribution in [1.82, 2.24) is 15.3 Å². The van der Waals surface area contributed by atoms with E-state index in [-0.39, 0.29) is 5.91 Å². The van der Waals surface area contributed by atoms with Crippen LogP contribution >= 0.6 is 0 Å². The second-order valence-corrected chi connectivity index (χ2v) is 4.02. The third-order valence-electron chi connectivity index (χ3n) is 2.40. The van der Waals surface area contributed by atoms with E-state index < -0.39 is 0 Å². The van der Waals surface area contributed by atoms with Crippen LogP contribution < -0.4 is 10.6 Å². The molecule has 1 heterocycles. The van der Waals surface area contributed by atoms with Crippen LogP contribution in [-0.2, 0) is 4.74 Å². The van der Waals surface area contributed by atoms with E-state index in [2.05, 4.69) is 27.5 Å². The van der Waals surface area contributed by atoms with E-state index in [0.29, 0.717) is 31.3 Å². The molecule has 1 aromatic heterocycles. The molecule has 0 bridgehead atoms. The molecule has 0 saturated carbocycles. The van der Waals surface area contributed by atoms with Crippen molar-refractivity contribution in [1.29, 1.82) is 0 Å². The van der Waals surface area contributed by atoms with E-state index in [1.54, 1.807) is 6.20 Å². The number of amides is 1. The van der Waals surface area contributed by atoms with Crippen molar-refractivity contribution in [3.63, 3.8) is 0 Å². The third kappa shape index (κ3) is 6.15. The van der Waals surface area contributed by atoms with Crippen molar-refractivity contribution in [3.05, 3.63) is 18.1 Å². The van der Waals surface area contributed by atoms with E-state index in [1.807, 2.05) is 6.92 Å². The maximum absolute atomic E-state index is 11.7. The predicted molar refractivity (Wildman–Crippen MR) is 74.3 cm³/mol. The van der Waals surface area contributed by atoms with Gasteiger partial charge in [0.2, 0.25) is 0 Å². The van der Waals surface area contributed by atoms with Gasteiger partial charge in [-0.05, 0) is 19.8 Å². The Hall–Kier alpha value is -1.69. The number of hydrogen-bond acceptors (Lipinski definition) is 5. The van der Waals surface area contributed by atoms with Gasteiger partial charge in [-0.1, -0.05) is 6.92 Å². The lowest BCUT2D eigenvalue weighted by molar-refractivity contribution is 0.0939. The summed E-state index contributed by atoms with van der Waals surface area (Å²) in [6, 6.07) is 0. The van der Waals surface area contributed by atoms with Crippen molar-refractivity contribution >= 4 is 11.7 Å². The minimum absolute atomic E-state index is 0.203. The maximum Gasteiger partial charge on any atom is 0.271 e. The van der Waals surface area contributed by atoms with Crippen molar-refractivity contribution in [3.8, 4) is 0 Å². The number of anilines is 1. The van der Waals surface area contributed by atoms with Gasteiger partial charge in [-0.15, -0.1) is 0 Å². The van der Waals surface area contributed by atoms with Crippen LogP contribution in [-0.4, -0.2) is 42.2 Å². The summed E-state index contributed by atoms with van der Waals surface area (Å²) in [4.78, 5) is 19.9. The first-order valence-corrected chi connectivity index (χ1v) is 6.69. The van der Waals surface area contributed by atoms with E-state index in [9.17, 15) is 4.79 Å². The number of aromatic nitrogens is 2. The fraction of sp³-hybridized carbons (Fsp3) is 0.615. The normalized spacial score (nSPS) is 10.2. The Balaban J connectivity index is 2.32. The Morgan fingerprint density at radius 1 is 1.26 bits per heavy atom. The summed E-state index contributed by atoms with van der Waals surface area (Å²) in [6.07, 6.45) is 4.87. The van der Waals surface area contributed by atoms with Crippen LogP contribution in [0.5, 0.6) is 0 Å². The van der Waals surface area contributed by atoms with Crippen LogP contribution in [0.3, 0.4) is 0 Å². The summed E-state index contributed by atoms with van der Waals surface area (Å²) in [7, 11) is 0. The Kier molecular flexibility index (Phi) is 7.50. The molecule has 0 aliphatic carbocycles. The van der Waals surface area contributed by atoms with Crippen molar-refractivity contribution in [2.24, 2.45) is 0 Å². The summed E-state index contributed by atoms with van der Waals surface area (Å²) < 4.78 is 5.19. The molecule has 6 heteroatoms. The Morgan fingerprint density at radius 2 is 2.11 bits per heavy atom. The molecule has 1 aromatic rings. The summed E-state index contributed by atoms with van der Waals surface area (Å²) in [5.41, 5.74) is 0.332. The standard InChI is InChI=1S/C13H22N4O2/c1-3-6-14-12-10-16-11(9-17-12)13(18)15-7-5-8-19-4-2/h9-10H,3-8H2,1-2H3,(H,14,17)(H,15,18). The Bertz CT molecular complexity index is 367. The molecule has 0 saturated heterocycles. The quantitative estimate of drug-likeness (QED) is 0.662. The molecule has 0 atom stereocenters. The molecular weight excluding hydrogens is 244 g/mol. The zero-order valence-corrected chi connectivity index (χ0v) is 11.6. The summed E-state index contributed by atoms with van der Waals surface area (Å²) in [6.45, 7) is 6.80. The van der Waals surface area contributed by atoms with Gasteiger partial charge >= 0.3 is 0 Å². The fourth-order valence-corrected chi connectivity index (χ4v) is 1.40. The van der Waals surface area contributed by atoms with Crippen LogP contribution in [0.1, 0.15) is 37.2 Å². The fourth-order valence-electron chi connectivity index (χ4n) is 1.40. The zero-order chi connectivity index (χ0) is 13.9. The molecule has 0 aromatic carbocycles. The van der Waals surface area contributed by atoms with Crippen LogP contribution in [0.4, 0.5) is 5.82 Å². The monoisotopic (exact) mass is 266 g/mol. The third-order valence-corrected chi connectivity index (χ3v) is 2.40. The number of nitrogens with zero attached hydrogens (tertiary/aromatic N) is 2. The first-order valence-electron chi connectivity index (χ1n) is 6.69. The van der Waals surface area contributed by atoms with Gasteiger partial charge in [-0.2, -0.15) is 0 Å². The van der Waals surface area contributed by atoms with Crippen LogP contribution in [0.15, 0.2) is 12.4 Å². The highest BCUT2D eigenvalue weighted by molar-refractivity contribution is 5.91. The predicted octanol–water partition coefficient (Wildman–Crippen LogP) is 1.45. The molecule has 0 radical (unpaired) electrons. The molecule has 0 aliphatic heterocycles.